The minimum absolute atomic E-state index is 0.192. The Hall–Kier alpha value is -0.320. The van der Waals surface area contributed by atoms with Crippen LogP contribution in [0.3, 0.4) is 0 Å². The molecule has 2 unspecified atom stereocenters. The third-order valence-corrected chi connectivity index (χ3v) is 2.87. The van der Waals surface area contributed by atoms with Gasteiger partial charge in [-0.05, 0) is 35.3 Å². The first-order valence-corrected chi connectivity index (χ1v) is 6.02. The molecule has 0 bridgehead atoms. The molecule has 0 aliphatic carbocycles. The van der Waals surface area contributed by atoms with Crippen LogP contribution in [0.1, 0.15) is 38.6 Å². The summed E-state index contributed by atoms with van der Waals surface area (Å²) in [4.78, 5) is 0. The van der Waals surface area contributed by atoms with Crippen LogP contribution in [0.2, 0.25) is 0 Å². The number of hydrogen-bond donors (Lipinski definition) is 1. The molecule has 0 spiro atoms. The average Bonchev–Trinajstić information content (AvgIpc) is 2.63. The molecule has 4 heteroatoms. The molecule has 1 rings (SSSR count). The largest absolute Gasteiger partial charge is 0.465 e. The van der Waals surface area contributed by atoms with Crippen molar-refractivity contribution in [3.8, 4) is 0 Å². The molecule has 15 heavy (non-hydrogen) atoms. The number of aliphatic hydroxyl groups excluding tert-OH is 1. The van der Waals surface area contributed by atoms with Gasteiger partial charge in [0, 0.05) is 6.61 Å². The van der Waals surface area contributed by atoms with Gasteiger partial charge in [-0.2, -0.15) is 0 Å². The Morgan fingerprint density at radius 3 is 2.73 bits per heavy atom. The van der Waals surface area contributed by atoms with Crippen LogP contribution >= 0.6 is 15.9 Å². The van der Waals surface area contributed by atoms with Crippen LogP contribution in [0.4, 0.5) is 0 Å². The van der Waals surface area contributed by atoms with Crippen molar-refractivity contribution in [3.63, 3.8) is 0 Å². The summed E-state index contributed by atoms with van der Waals surface area (Å²) < 4.78 is 11.5. The van der Waals surface area contributed by atoms with E-state index in [1.54, 1.807) is 12.3 Å². The second-order valence-corrected chi connectivity index (χ2v) is 4.21. The summed E-state index contributed by atoms with van der Waals surface area (Å²) in [7, 11) is 0. The summed E-state index contributed by atoms with van der Waals surface area (Å²) in [5, 5.41) is 10.1. The van der Waals surface area contributed by atoms with E-state index in [4.69, 9.17) is 9.15 Å². The Morgan fingerprint density at radius 2 is 2.27 bits per heavy atom. The van der Waals surface area contributed by atoms with E-state index in [2.05, 4.69) is 22.9 Å². The van der Waals surface area contributed by atoms with Crippen molar-refractivity contribution in [1.82, 2.24) is 0 Å². The van der Waals surface area contributed by atoms with Crippen molar-refractivity contribution in [2.75, 3.05) is 6.61 Å². The molecule has 3 nitrogen and oxygen atoms in total. The lowest BCUT2D eigenvalue weighted by molar-refractivity contribution is -0.0472. The number of aliphatic hydroxyl groups is 1. The van der Waals surface area contributed by atoms with Gasteiger partial charge in [0.05, 0.1) is 16.8 Å². The van der Waals surface area contributed by atoms with Gasteiger partial charge in [-0.15, -0.1) is 0 Å². The molecule has 1 heterocycles. The molecule has 0 saturated carbocycles. The molecule has 2 atom stereocenters. The van der Waals surface area contributed by atoms with Crippen LogP contribution in [0.5, 0.6) is 0 Å². The quantitative estimate of drug-likeness (QED) is 0.867. The van der Waals surface area contributed by atoms with E-state index >= 15 is 0 Å². The van der Waals surface area contributed by atoms with Crippen LogP contribution in [0.25, 0.3) is 0 Å². The first-order chi connectivity index (χ1) is 7.20. The molecule has 1 N–H and O–H groups in total. The minimum Gasteiger partial charge on any atom is -0.465 e. The third-order valence-electron chi connectivity index (χ3n) is 2.22. The highest BCUT2D eigenvalue weighted by Gasteiger charge is 2.24. The summed E-state index contributed by atoms with van der Waals surface area (Å²) in [6.07, 6.45) is 2.46. The summed E-state index contributed by atoms with van der Waals surface area (Å²) in [6, 6.07) is 1.77. The smallest absolute Gasteiger partial charge is 0.149 e. The highest BCUT2D eigenvalue weighted by Crippen LogP contribution is 2.29. The Labute approximate surface area is 98.6 Å². The summed E-state index contributed by atoms with van der Waals surface area (Å²) in [5.41, 5.74) is 0. The molecule has 0 aliphatic rings. The lowest BCUT2D eigenvalue weighted by Crippen LogP contribution is -2.22. The van der Waals surface area contributed by atoms with Crippen molar-refractivity contribution in [2.24, 2.45) is 0 Å². The molecule has 1 aromatic rings. The molecular formula is C11H17BrO3. The normalized spacial score (nSPS) is 15.2. The predicted octanol–water partition coefficient (Wildman–Crippen LogP) is 3.28. The lowest BCUT2D eigenvalue weighted by atomic mass is 10.1. The standard InChI is InChI=1S/C11H17BrO3/c1-3-5-9(14-4-2)10(13)11-8(12)6-7-15-11/h6-7,9-10,13H,3-5H2,1-2H3. The van der Waals surface area contributed by atoms with E-state index in [1.807, 2.05) is 6.92 Å². The Morgan fingerprint density at radius 1 is 1.53 bits per heavy atom. The Bertz CT molecular complexity index is 279. The fourth-order valence-corrected chi connectivity index (χ4v) is 1.95. The van der Waals surface area contributed by atoms with Crippen LogP contribution in [-0.4, -0.2) is 17.8 Å². The third kappa shape index (κ3) is 3.33. The van der Waals surface area contributed by atoms with Crippen molar-refractivity contribution < 1.29 is 14.3 Å². The number of halogens is 1. The van der Waals surface area contributed by atoms with Crippen LogP contribution < -0.4 is 0 Å². The molecular weight excluding hydrogens is 260 g/mol. The molecule has 0 saturated heterocycles. The topological polar surface area (TPSA) is 42.6 Å². The fraction of sp³-hybridized carbons (Fsp3) is 0.636. The molecule has 86 valence electrons. The Balaban J connectivity index is 2.71. The van der Waals surface area contributed by atoms with E-state index in [9.17, 15) is 5.11 Å². The monoisotopic (exact) mass is 276 g/mol. The van der Waals surface area contributed by atoms with E-state index in [-0.39, 0.29) is 6.10 Å². The van der Waals surface area contributed by atoms with Crippen LogP contribution in [0, 0.1) is 0 Å². The highest BCUT2D eigenvalue weighted by atomic mass is 79.9. The van der Waals surface area contributed by atoms with Crippen molar-refractivity contribution in [2.45, 2.75) is 38.9 Å². The second kappa shape index (κ2) is 6.30. The zero-order valence-electron chi connectivity index (χ0n) is 9.07. The van der Waals surface area contributed by atoms with E-state index in [0.717, 1.165) is 17.3 Å². The maximum atomic E-state index is 10.1. The maximum absolute atomic E-state index is 10.1. The molecule has 0 fully saturated rings. The summed E-state index contributed by atoms with van der Waals surface area (Å²) >= 11 is 3.33. The number of furan rings is 1. The molecule has 1 aromatic heterocycles. The highest BCUT2D eigenvalue weighted by molar-refractivity contribution is 9.10. The van der Waals surface area contributed by atoms with Gasteiger partial charge in [0.15, 0.2) is 0 Å². The van der Waals surface area contributed by atoms with Crippen LogP contribution in [0.15, 0.2) is 21.2 Å². The van der Waals surface area contributed by atoms with E-state index in [1.165, 1.54) is 0 Å². The fourth-order valence-electron chi connectivity index (χ4n) is 1.52. The predicted molar refractivity (Wildman–Crippen MR) is 61.7 cm³/mol. The first-order valence-electron chi connectivity index (χ1n) is 5.23. The van der Waals surface area contributed by atoms with Gasteiger partial charge in [0.25, 0.3) is 0 Å². The second-order valence-electron chi connectivity index (χ2n) is 3.36. The van der Waals surface area contributed by atoms with Gasteiger partial charge in [-0.1, -0.05) is 13.3 Å². The van der Waals surface area contributed by atoms with Crippen molar-refractivity contribution >= 4 is 15.9 Å². The SMILES string of the molecule is CCCC(OCC)C(O)c1occc1Br. The summed E-state index contributed by atoms with van der Waals surface area (Å²) in [6.45, 7) is 4.59. The molecule has 0 radical (unpaired) electrons. The first kappa shape index (κ1) is 12.7. The van der Waals surface area contributed by atoms with Gasteiger partial charge in [-0.25, -0.2) is 0 Å². The number of rotatable bonds is 6. The average molecular weight is 277 g/mol. The maximum Gasteiger partial charge on any atom is 0.149 e. The van der Waals surface area contributed by atoms with Gasteiger partial charge in [0.1, 0.15) is 11.9 Å². The number of hydrogen-bond acceptors (Lipinski definition) is 3. The zero-order chi connectivity index (χ0) is 11.3. The van der Waals surface area contributed by atoms with Gasteiger partial charge in [-0.3, -0.25) is 0 Å². The molecule has 0 aromatic carbocycles. The van der Waals surface area contributed by atoms with Gasteiger partial charge in [0.2, 0.25) is 0 Å². The number of ether oxygens (including phenoxy) is 1. The van der Waals surface area contributed by atoms with Crippen molar-refractivity contribution in [3.05, 3.63) is 22.6 Å². The van der Waals surface area contributed by atoms with Gasteiger partial charge < -0.3 is 14.3 Å². The van der Waals surface area contributed by atoms with E-state index < -0.39 is 6.10 Å². The Kier molecular flexibility index (Phi) is 5.36. The summed E-state index contributed by atoms with van der Waals surface area (Å²) in [5.74, 6) is 0.543. The van der Waals surface area contributed by atoms with Crippen LogP contribution in [-0.2, 0) is 4.74 Å². The van der Waals surface area contributed by atoms with Gasteiger partial charge >= 0.3 is 0 Å². The van der Waals surface area contributed by atoms with Crippen molar-refractivity contribution in [1.29, 1.82) is 0 Å². The molecule has 0 aliphatic heterocycles. The minimum atomic E-state index is -0.700. The molecule has 0 amide bonds. The zero-order valence-corrected chi connectivity index (χ0v) is 10.7. The van der Waals surface area contributed by atoms with E-state index in [0.29, 0.717) is 12.4 Å². The lowest BCUT2D eigenvalue weighted by Gasteiger charge is -2.21.